The molecule has 31 heavy (non-hydrogen) atoms. The van der Waals surface area contributed by atoms with Crippen LogP contribution in [0, 0.1) is 6.92 Å². The summed E-state index contributed by atoms with van der Waals surface area (Å²) < 4.78 is 17.6. The number of aryl methyl sites for hydroxylation is 1. The molecule has 0 aromatic heterocycles. The van der Waals surface area contributed by atoms with Gasteiger partial charge in [-0.3, -0.25) is 9.89 Å². The Morgan fingerprint density at radius 2 is 1.97 bits per heavy atom. The predicted molar refractivity (Wildman–Crippen MR) is 125 cm³/mol. The summed E-state index contributed by atoms with van der Waals surface area (Å²) in [7, 11) is 1.81. The summed E-state index contributed by atoms with van der Waals surface area (Å²) in [6, 6.07) is 6.35. The molecule has 0 saturated carbocycles. The first-order valence-corrected chi connectivity index (χ1v) is 11.5. The third-order valence-electron chi connectivity index (χ3n) is 6.04. The van der Waals surface area contributed by atoms with Crippen LogP contribution in [0.1, 0.15) is 45.2 Å². The monoisotopic (exact) mass is 432 g/mol. The molecule has 2 heterocycles. The molecule has 2 fully saturated rings. The molecule has 7 nitrogen and oxygen atoms in total. The predicted octanol–water partition coefficient (Wildman–Crippen LogP) is 2.72. The quantitative estimate of drug-likeness (QED) is 0.510. The molecule has 0 spiro atoms. The Morgan fingerprint density at radius 1 is 1.23 bits per heavy atom. The highest BCUT2D eigenvalue weighted by atomic mass is 16.5. The average molecular weight is 433 g/mol. The number of guanidine groups is 1. The first-order valence-electron chi connectivity index (χ1n) is 11.5. The summed E-state index contributed by atoms with van der Waals surface area (Å²) >= 11 is 0. The van der Waals surface area contributed by atoms with Gasteiger partial charge in [0.05, 0.1) is 25.4 Å². The van der Waals surface area contributed by atoms with Gasteiger partial charge in [0.15, 0.2) is 5.96 Å². The molecular weight excluding hydrogens is 392 g/mol. The molecule has 7 heteroatoms. The lowest BCUT2D eigenvalue weighted by molar-refractivity contribution is -0.0946. The normalized spacial score (nSPS) is 25.5. The van der Waals surface area contributed by atoms with Crippen molar-refractivity contribution in [2.75, 3.05) is 39.9 Å². The van der Waals surface area contributed by atoms with E-state index in [9.17, 15) is 0 Å². The molecule has 3 rings (SSSR count). The molecule has 0 amide bonds. The maximum Gasteiger partial charge on any atom is 0.191 e. The molecule has 2 saturated heterocycles. The van der Waals surface area contributed by atoms with Crippen molar-refractivity contribution in [2.45, 2.75) is 71.4 Å². The van der Waals surface area contributed by atoms with Gasteiger partial charge in [0.2, 0.25) is 0 Å². The summed E-state index contributed by atoms with van der Waals surface area (Å²) in [5.74, 6) is 1.72. The highest BCUT2D eigenvalue weighted by Gasteiger charge is 2.33. The Bertz CT molecular complexity index is 736. The van der Waals surface area contributed by atoms with E-state index in [-0.39, 0.29) is 23.9 Å². The van der Waals surface area contributed by atoms with E-state index in [0.29, 0.717) is 13.2 Å². The van der Waals surface area contributed by atoms with Crippen LogP contribution in [0.5, 0.6) is 5.75 Å². The Morgan fingerprint density at radius 3 is 2.61 bits per heavy atom. The van der Waals surface area contributed by atoms with Crippen LogP contribution in [0.15, 0.2) is 23.2 Å². The first kappa shape index (κ1) is 23.8. The lowest BCUT2D eigenvalue weighted by Crippen LogP contribution is -2.59. The minimum Gasteiger partial charge on any atom is -0.488 e. The Labute approximate surface area is 187 Å². The minimum absolute atomic E-state index is 0.00940. The lowest BCUT2D eigenvalue weighted by atomic mass is 10.00. The van der Waals surface area contributed by atoms with Crippen molar-refractivity contribution in [2.24, 2.45) is 4.99 Å². The summed E-state index contributed by atoms with van der Waals surface area (Å²) in [6.07, 6.45) is 1.59. The van der Waals surface area contributed by atoms with E-state index < -0.39 is 0 Å². The van der Waals surface area contributed by atoms with Crippen molar-refractivity contribution in [1.82, 2.24) is 15.5 Å². The average Bonchev–Trinajstić information content (AvgIpc) is 3.22. The number of nitrogens with one attached hydrogen (secondary N) is 2. The number of hydrogen-bond acceptors (Lipinski definition) is 5. The lowest BCUT2D eigenvalue weighted by Gasteiger charge is -2.45. The van der Waals surface area contributed by atoms with E-state index in [4.69, 9.17) is 14.2 Å². The van der Waals surface area contributed by atoms with Crippen LogP contribution < -0.4 is 15.4 Å². The third-order valence-corrected chi connectivity index (χ3v) is 6.04. The number of benzene rings is 1. The minimum atomic E-state index is -0.00940. The van der Waals surface area contributed by atoms with Gasteiger partial charge >= 0.3 is 0 Å². The SMILES string of the molecule is CN=C(NCc1ccc(C)cc1OC1CCOC1)NCC(C)(C)N1CC(C)OC(C)C1. The topological polar surface area (TPSA) is 67.4 Å². The number of nitrogens with zero attached hydrogens (tertiary/aromatic N) is 2. The highest BCUT2D eigenvalue weighted by molar-refractivity contribution is 5.79. The van der Waals surface area contributed by atoms with E-state index in [1.54, 1.807) is 0 Å². The second-order valence-electron chi connectivity index (χ2n) is 9.47. The van der Waals surface area contributed by atoms with Crippen LogP contribution in [0.4, 0.5) is 0 Å². The van der Waals surface area contributed by atoms with Gasteiger partial charge in [0, 0.05) is 50.7 Å². The van der Waals surface area contributed by atoms with E-state index in [1.807, 2.05) is 7.05 Å². The van der Waals surface area contributed by atoms with Crippen LogP contribution in [-0.4, -0.2) is 74.6 Å². The van der Waals surface area contributed by atoms with Gasteiger partial charge in [-0.2, -0.15) is 0 Å². The van der Waals surface area contributed by atoms with E-state index >= 15 is 0 Å². The third kappa shape index (κ3) is 6.82. The zero-order valence-electron chi connectivity index (χ0n) is 20.0. The van der Waals surface area contributed by atoms with Crippen molar-refractivity contribution in [1.29, 1.82) is 0 Å². The fourth-order valence-corrected chi connectivity index (χ4v) is 4.19. The van der Waals surface area contributed by atoms with Gasteiger partial charge in [-0.1, -0.05) is 12.1 Å². The van der Waals surface area contributed by atoms with Crippen molar-refractivity contribution in [3.8, 4) is 5.75 Å². The van der Waals surface area contributed by atoms with Crippen molar-refractivity contribution in [3.05, 3.63) is 29.3 Å². The summed E-state index contributed by atoms with van der Waals surface area (Å²) in [4.78, 5) is 6.92. The molecule has 1 aromatic rings. The molecule has 2 N–H and O–H groups in total. The van der Waals surface area contributed by atoms with Crippen molar-refractivity contribution in [3.63, 3.8) is 0 Å². The fourth-order valence-electron chi connectivity index (χ4n) is 4.19. The van der Waals surface area contributed by atoms with Crippen LogP contribution in [0.2, 0.25) is 0 Å². The number of ether oxygens (including phenoxy) is 3. The van der Waals surface area contributed by atoms with Gasteiger partial charge in [-0.25, -0.2) is 0 Å². The van der Waals surface area contributed by atoms with Crippen molar-refractivity contribution >= 4 is 5.96 Å². The van der Waals surface area contributed by atoms with Crippen LogP contribution >= 0.6 is 0 Å². The van der Waals surface area contributed by atoms with Crippen LogP contribution in [0.25, 0.3) is 0 Å². The second-order valence-corrected chi connectivity index (χ2v) is 9.47. The highest BCUT2D eigenvalue weighted by Crippen LogP contribution is 2.24. The van der Waals surface area contributed by atoms with Crippen molar-refractivity contribution < 1.29 is 14.2 Å². The molecule has 0 aliphatic carbocycles. The van der Waals surface area contributed by atoms with Gasteiger partial charge in [0.25, 0.3) is 0 Å². The van der Waals surface area contributed by atoms with Crippen LogP contribution in [0.3, 0.4) is 0 Å². The van der Waals surface area contributed by atoms with E-state index in [1.165, 1.54) is 5.56 Å². The maximum atomic E-state index is 6.22. The van der Waals surface area contributed by atoms with E-state index in [0.717, 1.165) is 49.9 Å². The molecule has 2 aliphatic rings. The summed E-state index contributed by atoms with van der Waals surface area (Å²) in [6.45, 7) is 15.7. The summed E-state index contributed by atoms with van der Waals surface area (Å²) in [5, 5.41) is 6.95. The number of aliphatic imine (C=N–C) groups is 1. The number of morpholine rings is 1. The van der Waals surface area contributed by atoms with Gasteiger partial charge in [0.1, 0.15) is 11.9 Å². The second kappa shape index (κ2) is 10.7. The Hall–Kier alpha value is -1.83. The first-order chi connectivity index (χ1) is 14.8. The summed E-state index contributed by atoms with van der Waals surface area (Å²) in [5.41, 5.74) is 2.30. The van der Waals surface area contributed by atoms with E-state index in [2.05, 4.69) is 73.3 Å². The van der Waals surface area contributed by atoms with Gasteiger partial charge < -0.3 is 24.8 Å². The molecule has 1 aromatic carbocycles. The fraction of sp³-hybridized carbons (Fsp3) is 0.708. The largest absolute Gasteiger partial charge is 0.488 e. The van der Waals surface area contributed by atoms with Crippen LogP contribution in [-0.2, 0) is 16.0 Å². The Kier molecular flexibility index (Phi) is 8.19. The molecule has 0 bridgehead atoms. The zero-order valence-corrected chi connectivity index (χ0v) is 20.0. The molecule has 3 unspecified atom stereocenters. The molecular formula is C24H40N4O3. The number of hydrogen-bond donors (Lipinski definition) is 2. The van der Waals surface area contributed by atoms with Gasteiger partial charge in [-0.05, 0) is 46.2 Å². The molecule has 2 aliphatic heterocycles. The molecule has 174 valence electrons. The van der Waals surface area contributed by atoms with Gasteiger partial charge in [-0.15, -0.1) is 0 Å². The molecule has 3 atom stereocenters. The number of rotatable bonds is 7. The zero-order chi connectivity index (χ0) is 22.4. The Balaban J connectivity index is 1.56. The molecule has 0 radical (unpaired) electrons. The maximum absolute atomic E-state index is 6.22. The standard InChI is InChI=1S/C24H40N4O3/c1-17-7-8-20(22(11-17)31-21-9-10-29-15-21)12-26-23(25-6)27-16-24(4,5)28-13-18(2)30-19(3)14-28/h7-8,11,18-19,21H,9-10,12-16H2,1-6H3,(H2,25,26,27). The smallest absolute Gasteiger partial charge is 0.191 e.